The summed E-state index contributed by atoms with van der Waals surface area (Å²) in [5, 5.41) is 22.0. The Hall–Kier alpha value is -1.99. The monoisotopic (exact) mass is 318 g/mol. The van der Waals surface area contributed by atoms with Crippen molar-refractivity contribution >= 4 is 17.4 Å². The number of hydrogen-bond donors (Lipinski definition) is 2. The molecule has 1 atom stereocenters. The highest BCUT2D eigenvalue weighted by Gasteiger charge is 2.27. The minimum absolute atomic E-state index is 0.0182. The fraction of sp³-hybridized carbons (Fsp3) is 0.400. The van der Waals surface area contributed by atoms with Crippen LogP contribution in [-0.2, 0) is 6.54 Å². The number of nitrogens with one attached hydrogen (secondary N) is 1. The van der Waals surface area contributed by atoms with Gasteiger partial charge in [0, 0.05) is 12.1 Å². The number of aliphatic hydroxyl groups is 1. The minimum Gasteiger partial charge on any atom is -0.394 e. The second-order valence-electron chi connectivity index (χ2n) is 5.20. The molecule has 1 aliphatic heterocycles. The predicted octanol–water partition coefficient (Wildman–Crippen LogP) is 1.87. The van der Waals surface area contributed by atoms with E-state index in [1.807, 2.05) is 30.3 Å². The molecule has 1 saturated heterocycles. The molecule has 1 aliphatic rings. The molecule has 3 rings (SSSR count). The van der Waals surface area contributed by atoms with Crippen molar-refractivity contribution in [2.45, 2.75) is 25.4 Å². The van der Waals surface area contributed by atoms with Crippen LogP contribution in [0.5, 0.6) is 0 Å². The maximum absolute atomic E-state index is 12.1. The molecule has 0 radical (unpaired) electrons. The molecule has 2 heterocycles. The van der Waals surface area contributed by atoms with Gasteiger partial charge in [-0.1, -0.05) is 41.7 Å². The Kier molecular flexibility index (Phi) is 4.65. The lowest BCUT2D eigenvalue weighted by molar-refractivity contribution is 0.157. The van der Waals surface area contributed by atoms with Crippen LogP contribution in [-0.4, -0.2) is 45.4 Å². The van der Waals surface area contributed by atoms with Gasteiger partial charge in [-0.15, -0.1) is 10.2 Å². The van der Waals surface area contributed by atoms with Gasteiger partial charge >= 0.3 is 6.03 Å². The Morgan fingerprint density at radius 2 is 2.18 bits per heavy atom. The van der Waals surface area contributed by atoms with E-state index in [9.17, 15) is 9.90 Å². The highest BCUT2D eigenvalue weighted by atomic mass is 32.1. The van der Waals surface area contributed by atoms with E-state index in [1.54, 1.807) is 4.90 Å². The van der Waals surface area contributed by atoms with E-state index < -0.39 is 0 Å². The summed E-state index contributed by atoms with van der Waals surface area (Å²) < 4.78 is 0. The highest BCUT2D eigenvalue weighted by Crippen LogP contribution is 2.23. The highest BCUT2D eigenvalue weighted by molar-refractivity contribution is 7.14. The van der Waals surface area contributed by atoms with E-state index in [0.717, 1.165) is 28.4 Å². The Balaban J connectivity index is 1.58. The molecule has 7 heteroatoms. The average molecular weight is 318 g/mol. The van der Waals surface area contributed by atoms with Gasteiger partial charge in [-0.25, -0.2) is 4.79 Å². The zero-order chi connectivity index (χ0) is 15.4. The van der Waals surface area contributed by atoms with E-state index in [-0.39, 0.29) is 18.7 Å². The maximum Gasteiger partial charge on any atom is 0.318 e. The van der Waals surface area contributed by atoms with Crippen LogP contribution in [0.3, 0.4) is 0 Å². The SMILES string of the molecule is O=C(NCc1nnc(-c2ccccc2)s1)N1CCC[C@@H]1CO. The van der Waals surface area contributed by atoms with Gasteiger partial charge in [0.25, 0.3) is 0 Å². The minimum atomic E-state index is -0.145. The van der Waals surface area contributed by atoms with E-state index in [2.05, 4.69) is 15.5 Å². The molecule has 2 aromatic rings. The molecule has 1 aromatic heterocycles. The van der Waals surface area contributed by atoms with Crippen LogP contribution in [0.1, 0.15) is 17.8 Å². The number of benzene rings is 1. The Morgan fingerprint density at radius 1 is 1.36 bits per heavy atom. The third-order valence-corrected chi connectivity index (χ3v) is 4.70. The molecule has 0 spiro atoms. The predicted molar refractivity (Wildman–Crippen MR) is 84.4 cm³/mol. The first kappa shape index (κ1) is 14.9. The summed E-state index contributed by atoms with van der Waals surface area (Å²) in [6.07, 6.45) is 1.80. The van der Waals surface area contributed by atoms with Gasteiger partial charge in [0.15, 0.2) is 0 Å². The molecule has 22 heavy (non-hydrogen) atoms. The average Bonchev–Trinajstić information content (AvgIpc) is 3.22. The first-order chi connectivity index (χ1) is 10.8. The number of amides is 2. The van der Waals surface area contributed by atoms with E-state index in [4.69, 9.17) is 0 Å². The summed E-state index contributed by atoms with van der Waals surface area (Å²) in [7, 11) is 0. The normalized spacial score (nSPS) is 17.7. The number of hydrogen-bond acceptors (Lipinski definition) is 5. The fourth-order valence-corrected chi connectivity index (χ4v) is 3.35. The summed E-state index contributed by atoms with van der Waals surface area (Å²) in [6, 6.07) is 9.64. The summed E-state index contributed by atoms with van der Waals surface area (Å²) in [5.74, 6) is 0. The molecule has 6 nitrogen and oxygen atoms in total. The number of urea groups is 1. The number of likely N-dealkylation sites (tertiary alicyclic amines) is 1. The van der Waals surface area contributed by atoms with Crippen molar-refractivity contribution in [2.75, 3.05) is 13.2 Å². The van der Waals surface area contributed by atoms with Crippen LogP contribution in [0.25, 0.3) is 10.6 Å². The lowest BCUT2D eigenvalue weighted by Gasteiger charge is -2.22. The van der Waals surface area contributed by atoms with Gasteiger partial charge in [-0.2, -0.15) is 0 Å². The van der Waals surface area contributed by atoms with E-state index in [0.29, 0.717) is 13.1 Å². The summed E-state index contributed by atoms with van der Waals surface area (Å²) >= 11 is 1.47. The third-order valence-electron chi connectivity index (χ3n) is 3.73. The lowest BCUT2D eigenvalue weighted by Crippen LogP contribution is -2.43. The largest absolute Gasteiger partial charge is 0.394 e. The maximum atomic E-state index is 12.1. The van der Waals surface area contributed by atoms with Crippen LogP contribution in [0.2, 0.25) is 0 Å². The number of carbonyl (C=O) groups is 1. The van der Waals surface area contributed by atoms with Crippen molar-refractivity contribution in [3.8, 4) is 10.6 Å². The molecule has 0 bridgehead atoms. The zero-order valence-corrected chi connectivity index (χ0v) is 12.9. The van der Waals surface area contributed by atoms with Crippen molar-refractivity contribution in [2.24, 2.45) is 0 Å². The molecule has 1 fully saturated rings. The number of aromatic nitrogens is 2. The standard InChI is InChI=1S/C15H18N4O2S/c20-10-12-7-4-8-19(12)15(21)16-9-13-17-18-14(22-13)11-5-2-1-3-6-11/h1-3,5-6,12,20H,4,7-10H2,(H,16,21)/t12-/m1/s1. The molecule has 0 aliphatic carbocycles. The molecule has 0 unspecified atom stereocenters. The summed E-state index contributed by atoms with van der Waals surface area (Å²) in [6.45, 7) is 1.07. The second-order valence-corrected chi connectivity index (χ2v) is 6.26. The molecular formula is C15H18N4O2S. The molecule has 2 amide bonds. The smallest absolute Gasteiger partial charge is 0.318 e. The van der Waals surface area contributed by atoms with Crippen molar-refractivity contribution < 1.29 is 9.90 Å². The Bertz CT molecular complexity index is 631. The molecule has 2 N–H and O–H groups in total. The number of nitrogens with zero attached hydrogens (tertiary/aromatic N) is 3. The fourth-order valence-electron chi connectivity index (χ4n) is 2.57. The van der Waals surface area contributed by atoms with Gasteiger partial charge in [-0.3, -0.25) is 0 Å². The molecular weight excluding hydrogens is 300 g/mol. The molecule has 116 valence electrons. The Morgan fingerprint density at radius 3 is 2.95 bits per heavy atom. The zero-order valence-electron chi connectivity index (χ0n) is 12.1. The van der Waals surface area contributed by atoms with E-state index in [1.165, 1.54) is 11.3 Å². The number of carbonyl (C=O) groups excluding carboxylic acids is 1. The van der Waals surface area contributed by atoms with Crippen molar-refractivity contribution in [1.29, 1.82) is 0 Å². The number of rotatable bonds is 4. The molecule has 1 aromatic carbocycles. The van der Waals surface area contributed by atoms with Crippen LogP contribution >= 0.6 is 11.3 Å². The van der Waals surface area contributed by atoms with Crippen molar-refractivity contribution in [1.82, 2.24) is 20.4 Å². The van der Waals surface area contributed by atoms with Gasteiger partial charge in [0.05, 0.1) is 19.2 Å². The van der Waals surface area contributed by atoms with E-state index >= 15 is 0 Å². The van der Waals surface area contributed by atoms with Gasteiger partial charge in [0.1, 0.15) is 10.0 Å². The van der Waals surface area contributed by atoms with Crippen LogP contribution < -0.4 is 5.32 Å². The van der Waals surface area contributed by atoms with Gasteiger partial charge in [0.2, 0.25) is 0 Å². The first-order valence-corrected chi connectivity index (χ1v) is 8.12. The van der Waals surface area contributed by atoms with Crippen molar-refractivity contribution in [3.05, 3.63) is 35.3 Å². The summed E-state index contributed by atoms with van der Waals surface area (Å²) in [5.41, 5.74) is 1.03. The molecule has 0 saturated carbocycles. The topological polar surface area (TPSA) is 78.4 Å². The number of aliphatic hydroxyl groups excluding tert-OH is 1. The third kappa shape index (κ3) is 3.26. The van der Waals surface area contributed by atoms with Crippen molar-refractivity contribution in [3.63, 3.8) is 0 Å². The second kappa shape index (κ2) is 6.85. The van der Waals surface area contributed by atoms with Gasteiger partial charge in [-0.05, 0) is 12.8 Å². The first-order valence-electron chi connectivity index (χ1n) is 7.31. The van der Waals surface area contributed by atoms with Gasteiger partial charge < -0.3 is 15.3 Å². The summed E-state index contributed by atoms with van der Waals surface area (Å²) in [4.78, 5) is 13.8. The quantitative estimate of drug-likeness (QED) is 0.902. The lowest BCUT2D eigenvalue weighted by atomic mass is 10.2. The van der Waals surface area contributed by atoms with Crippen LogP contribution in [0, 0.1) is 0 Å². The van der Waals surface area contributed by atoms with Crippen LogP contribution in [0.15, 0.2) is 30.3 Å². The Labute approximate surface area is 132 Å². The van der Waals surface area contributed by atoms with Crippen LogP contribution in [0.4, 0.5) is 4.79 Å².